The first kappa shape index (κ1) is 22.3. The number of aromatic nitrogens is 2. The minimum atomic E-state index is -1.48. The highest BCUT2D eigenvalue weighted by Gasteiger charge is 2.23. The van der Waals surface area contributed by atoms with Gasteiger partial charge in [0.1, 0.15) is 0 Å². The fraction of sp³-hybridized carbons (Fsp3) is 0.250. The molecule has 0 saturated heterocycles. The van der Waals surface area contributed by atoms with Crippen LogP contribution in [0.15, 0.2) is 48.8 Å². The molecule has 0 spiro atoms. The van der Waals surface area contributed by atoms with Crippen LogP contribution in [-0.2, 0) is 0 Å². The molecule has 32 heavy (non-hydrogen) atoms. The van der Waals surface area contributed by atoms with Gasteiger partial charge in [0.2, 0.25) is 0 Å². The van der Waals surface area contributed by atoms with Crippen molar-refractivity contribution in [2.45, 2.75) is 38.4 Å². The minimum absolute atomic E-state index is 0.150. The topological polar surface area (TPSA) is 92.3 Å². The smallest absolute Gasteiger partial charge is 0.181 e. The Morgan fingerprint density at radius 3 is 2.44 bits per heavy atom. The second-order valence-corrected chi connectivity index (χ2v) is 8.86. The number of fused-ring (bicyclic) bond motifs is 1. The predicted molar refractivity (Wildman–Crippen MR) is 122 cm³/mol. The van der Waals surface area contributed by atoms with Gasteiger partial charge in [-0.2, -0.15) is 0 Å². The summed E-state index contributed by atoms with van der Waals surface area (Å²) in [4.78, 5) is 9.88. The standard InChI is InChI=1S/C17H16N2O2S.C7H7F2N/c20-17(21)11-4-5-13(19-9-11)15-8-14-16(22-15)12(6-7-18-14)10-2-1-3-10;1-4-2-3-5(10)7(9)6(4)8/h4-10,17,20-21H,1-3H2;2-3H,10H2,1H3. The fourth-order valence-electron chi connectivity index (χ4n) is 3.49. The van der Waals surface area contributed by atoms with Gasteiger partial charge in [-0.25, -0.2) is 8.78 Å². The number of hydrogen-bond donors (Lipinski definition) is 3. The first-order valence-electron chi connectivity index (χ1n) is 10.3. The molecule has 5 nitrogen and oxygen atoms in total. The highest BCUT2D eigenvalue weighted by atomic mass is 32.1. The summed E-state index contributed by atoms with van der Waals surface area (Å²) >= 11 is 1.72. The zero-order chi connectivity index (χ0) is 22.8. The average molecular weight is 456 g/mol. The molecule has 4 N–H and O–H groups in total. The number of nitrogen functional groups attached to an aromatic ring is 1. The van der Waals surface area contributed by atoms with Crippen LogP contribution < -0.4 is 5.73 Å². The van der Waals surface area contributed by atoms with Crippen molar-refractivity contribution in [3.63, 3.8) is 0 Å². The molecule has 8 heteroatoms. The van der Waals surface area contributed by atoms with Crippen molar-refractivity contribution in [1.82, 2.24) is 9.97 Å². The maximum Gasteiger partial charge on any atom is 0.181 e. The van der Waals surface area contributed by atoms with Gasteiger partial charge in [-0.15, -0.1) is 11.3 Å². The molecule has 0 amide bonds. The monoisotopic (exact) mass is 455 g/mol. The molecule has 3 heterocycles. The Morgan fingerprint density at radius 1 is 1.06 bits per heavy atom. The molecule has 0 unspecified atom stereocenters. The van der Waals surface area contributed by atoms with Gasteiger partial charge in [-0.3, -0.25) is 9.97 Å². The summed E-state index contributed by atoms with van der Waals surface area (Å²) in [5.41, 5.74) is 8.87. The molecule has 4 aromatic rings. The second kappa shape index (κ2) is 9.28. The summed E-state index contributed by atoms with van der Waals surface area (Å²) < 4.78 is 26.3. The van der Waals surface area contributed by atoms with Gasteiger partial charge in [-0.1, -0.05) is 18.6 Å². The van der Waals surface area contributed by atoms with Gasteiger partial charge in [0.25, 0.3) is 0 Å². The second-order valence-electron chi connectivity index (χ2n) is 7.80. The van der Waals surface area contributed by atoms with Crippen molar-refractivity contribution in [1.29, 1.82) is 0 Å². The van der Waals surface area contributed by atoms with Crippen molar-refractivity contribution in [3.8, 4) is 10.6 Å². The van der Waals surface area contributed by atoms with E-state index in [1.54, 1.807) is 17.4 Å². The van der Waals surface area contributed by atoms with E-state index in [2.05, 4.69) is 22.1 Å². The number of thiophene rings is 1. The quantitative estimate of drug-likeness (QED) is 0.282. The van der Waals surface area contributed by atoms with E-state index in [4.69, 9.17) is 15.9 Å². The van der Waals surface area contributed by atoms with Crippen molar-refractivity contribution in [2.75, 3.05) is 5.73 Å². The maximum absolute atomic E-state index is 12.5. The molecular formula is C24H23F2N3O2S. The van der Waals surface area contributed by atoms with Crippen molar-refractivity contribution >= 4 is 27.2 Å². The number of aliphatic hydroxyl groups excluding tert-OH is 1. The summed E-state index contributed by atoms with van der Waals surface area (Å²) in [5, 5.41) is 18.3. The number of aliphatic hydroxyl groups is 2. The number of halogens is 2. The van der Waals surface area contributed by atoms with E-state index in [9.17, 15) is 8.78 Å². The van der Waals surface area contributed by atoms with E-state index in [0.29, 0.717) is 11.5 Å². The van der Waals surface area contributed by atoms with Crippen LogP contribution in [-0.4, -0.2) is 20.2 Å². The van der Waals surface area contributed by atoms with Crippen LogP contribution >= 0.6 is 11.3 Å². The van der Waals surface area contributed by atoms with Crippen LogP contribution in [0.25, 0.3) is 20.8 Å². The van der Waals surface area contributed by atoms with Crippen LogP contribution in [0.1, 0.15) is 48.2 Å². The third-order valence-corrected chi connectivity index (χ3v) is 6.83. The maximum atomic E-state index is 12.5. The number of hydrogen-bond acceptors (Lipinski definition) is 6. The summed E-state index contributed by atoms with van der Waals surface area (Å²) in [6.07, 6.45) is 5.78. The first-order chi connectivity index (χ1) is 15.3. The van der Waals surface area contributed by atoms with Gasteiger partial charge >= 0.3 is 0 Å². The van der Waals surface area contributed by atoms with E-state index in [-0.39, 0.29) is 11.3 Å². The van der Waals surface area contributed by atoms with Gasteiger partial charge in [0, 0.05) is 18.0 Å². The zero-order valence-corrected chi connectivity index (χ0v) is 18.2. The number of anilines is 1. The highest BCUT2D eigenvalue weighted by molar-refractivity contribution is 7.22. The van der Waals surface area contributed by atoms with E-state index in [1.807, 2.05) is 12.3 Å². The molecule has 5 rings (SSSR count). The van der Waals surface area contributed by atoms with E-state index in [0.717, 1.165) is 16.1 Å². The molecule has 1 saturated carbocycles. The van der Waals surface area contributed by atoms with Gasteiger partial charge < -0.3 is 15.9 Å². The number of nitrogens with zero attached hydrogens (tertiary/aromatic N) is 2. The largest absolute Gasteiger partial charge is 0.396 e. The van der Waals surface area contributed by atoms with Gasteiger partial charge in [0.05, 0.1) is 26.5 Å². The lowest BCUT2D eigenvalue weighted by atomic mass is 9.80. The molecule has 0 aliphatic heterocycles. The molecule has 3 aromatic heterocycles. The first-order valence-corrected chi connectivity index (χ1v) is 11.1. The van der Waals surface area contributed by atoms with Crippen LogP contribution in [0.2, 0.25) is 0 Å². The van der Waals surface area contributed by atoms with Gasteiger partial charge in [0.15, 0.2) is 17.9 Å². The molecule has 1 aliphatic carbocycles. The molecule has 0 radical (unpaired) electrons. The van der Waals surface area contributed by atoms with Crippen molar-refractivity contribution in [2.24, 2.45) is 0 Å². The average Bonchev–Trinajstić information content (AvgIpc) is 3.20. The lowest BCUT2D eigenvalue weighted by Gasteiger charge is -2.25. The normalized spacial score (nSPS) is 13.7. The lowest BCUT2D eigenvalue weighted by molar-refractivity contribution is -0.0427. The van der Waals surface area contributed by atoms with Crippen LogP contribution in [0, 0.1) is 18.6 Å². The minimum Gasteiger partial charge on any atom is -0.396 e. The number of nitrogens with two attached hydrogens (primary N) is 1. The zero-order valence-electron chi connectivity index (χ0n) is 17.4. The summed E-state index contributed by atoms with van der Waals surface area (Å²) in [5.74, 6) is -1.14. The molecule has 1 aliphatic rings. The van der Waals surface area contributed by atoms with E-state index < -0.39 is 17.9 Å². The Balaban J connectivity index is 0.000000207. The predicted octanol–water partition coefficient (Wildman–Crippen LogP) is 5.46. The number of pyridine rings is 2. The highest BCUT2D eigenvalue weighted by Crippen LogP contribution is 2.43. The Hall–Kier alpha value is -2.94. The van der Waals surface area contributed by atoms with Gasteiger partial charge in [-0.05, 0) is 61.1 Å². The molecule has 1 aromatic carbocycles. The third kappa shape index (κ3) is 4.48. The number of benzene rings is 1. The van der Waals surface area contributed by atoms with Crippen molar-refractivity contribution < 1.29 is 19.0 Å². The van der Waals surface area contributed by atoms with E-state index in [1.165, 1.54) is 54.8 Å². The Labute approximate surface area is 188 Å². The SMILES string of the molecule is Cc1ccc(N)c(F)c1F.OC(O)c1ccc(-c2cc3nccc(C4CCC4)c3s2)nc1. The fourth-order valence-corrected chi connectivity index (χ4v) is 4.67. The van der Waals surface area contributed by atoms with E-state index >= 15 is 0 Å². The van der Waals surface area contributed by atoms with Crippen molar-refractivity contribution in [3.05, 3.63) is 77.1 Å². The molecule has 0 atom stereocenters. The molecule has 0 bridgehead atoms. The third-order valence-electron chi connectivity index (χ3n) is 5.63. The Kier molecular flexibility index (Phi) is 6.45. The molecule has 166 valence electrons. The number of rotatable bonds is 3. The van der Waals surface area contributed by atoms with Crippen LogP contribution in [0.3, 0.4) is 0 Å². The molecule has 1 fully saturated rings. The number of aryl methyl sites for hydroxylation is 1. The Morgan fingerprint density at radius 2 is 1.84 bits per heavy atom. The summed E-state index contributed by atoms with van der Waals surface area (Å²) in [6.45, 7) is 1.48. The van der Waals surface area contributed by atoms with Crippen LogP contribution in [0.5, 0.6) is 0 Å². The summed E-state index contributed by atoms with van der Waals surface area (Å²) in [6, 6.07) is 10.5. The molecular weight excluding hydrogens is 432 g/mol. The Bertz CT molecular complexity index is 1210. The lowest BCUT2D eigenvalue weighted by Crippen LogP contribution is -2.08. The summed E-state index contributed by atoms with van der Waals surface area (Å²) in [7, 11) is 0. The van der Waals surface area contributed by atoms with Crippen LogP contribution in [0.4, 0.5) is 14.5 Å².